The number of aliphatic imine (C=N–C) groups is 1. The lowest BCUT2D eigenvalue weighted by molar-refractivity contribution is -0.152. The molecule has 0 radical (unpaired) electrons. The van der Waals surface area contributed by atoms with Gasteiger partial charge in [-0.15, -0.1) is 0 Å². The molecular formula is C39H59N5O7S2. The number of phenols is 1. The highest BCUT2D eigenvalue weighted by molar-refractivity contribution is 8.76. The third-order valence-electron chi connectivity index (χ3n) is 12.2. The predicted octanol–water partition coefficient (Wildman–Crippen LogP) is 2.84. The lowest BCUT2D eigenvalue weighted by Gasteiger charge is -2.52. The minimum Gasteiger partial charge on any atom is -0.504 e. The van der Waals surface area contributed by atoms with Crippen molar-refractivity contribution >= 4 is 33.5 Å². The Hall–Kier alpha value is -2.38. The Bertz CT molecular complexity index is 1520. The van der Waals surface area contributed by atoms with Crippen molar-refractivity contribution < 1.29 is 34.7 Å². The SMILES string of the molecule is CC(=O)O[C@H]1C[C@@H](O)CC[C@]2([C@H](C)O)C#C[C@H]3C[C@H]4CC[C@@H](NCCSSCCNC(N)=NC2)[C@]2(C4)C[C@H](CCN2)Oc2cc(c(CO)cc2O)C[C@@H]13. The van der Waals surface area contributed by atoms with E-state index < -0.39 is 29.7 Å². The van der Waals surface area contributed by atoms with Gasteiger partial charge in [-0.3, -0.25) is 9.79 Å². The number of nitrogens with two attached hydrogens (primary N) is 1. The Morgan fingerprint density at radius 3 is 2.74 bits per heavy atom. The molecule has 1 aromatic carbocycles. The number of hydrogen-bond donors (Lipinski definition) is 8. The summed E-state index contributed by atoms with van der Waals surface area (Å²) in [6.07, 6.45) is 3.93. The first-order chi connectivity index (χ1) is 25.5. The summed E-state index contributed by atoms with van der Waals surface area (Å²) in [4.78, 5) is 17.4. The van der Waals surface area contributed by atoms with Crippen molar-refractivity contribution in [1.82, 2.24) is 16.0 Å². The van der Waals surface area contributed by atoms with Gasteiger partial charge in [0, 0.05) is 67.8 Å². The number of rotatable bonds is 3. The minimum absolute atomic E-state index is 0.0198. The number of aromatic hydroxyl groups is 1. The molecule has 1 aromatic rings. The van der Waals surface area contributed by atoms with Crippen LogP contribution in [0.2, 0.25) is 0 Å². The molecule has 0 amide bonds. The van der Waals surface area contributed by atoms with Crippen molar-refractivity contribution in [3.05, 3.63) is 23.3 Å². The number of hydrogen-bond acceptors (Lipinski definition) is 14. The van der Waals surface area contributed by atoms with E-state index in [0.717, 1.165) is 68.7 Å². The standard InChI is InChI=1S/C39H59N5O7S2/c1-24(46)38-8-5-27-15-26-3-4-36(41-11-13-52-53-14-12-42-37(40)43-23-38)39(20-26)21-31(7-10-44-39)51-35-18-28(29(22-45)17-33(35)49)16-32(27)34(50-25(2)47)19-30(48)6-9-38/h17-18,24,26-27,30-32,34,36,41,44-46,48-49H,3-4,6-7,9-16,19-23H2,1-2H3,(H3,40,42,43)/t24-,26+,27-,30-,31-,32+,34-,36+,38+,39-/m0/s1. The van der Waals surface area contributed by atoms with E-state index in [1.165, 1.54) is 6.92 Å². The molecule has 3 aliphatic heterocycles. The molecule has 5 aliphatic rings. The van der Waals surface area contributed by atoms with Gasteiger partial charge in [-0.25, -0.2) is 0 Å². The van der Waals surface area contributed by atoms with E-state index in [2.05, 4.69) is 32.8 Å². The molecule has 0 aromatic heterocycles. The Kier molecular flexibility index (Phi) is 13.7. The molecule has 3 heterocycles. The summed E-state index contributed by atoms with van der Waals surface area (Å²) in [5.41, 5.74) is 6.45. The van der Waals surface area contributed by atoms with Crippen molar-refractivity contribution in [1.29, 1.82) is 0 Å². The van der Waals surface area contributed by atoms with Crippen LogP contribution in [-0.4, -0.2) is 106 Å². The number of carbonyl (C=O) groups is 1. The third kappa shape index (κ3) is 9.90. The molecule has 53 heavy (non-hydrogen) atoms. The van der Waals surface area contributed by atoms with Gasteiger partial charge < -0.3 is 51.6 Å². The van der Waals surface area contributed by atoms with Gasteiger partial charge in [0.05, 0.1) is 30.8 Å². The first kappa shape index (κ1) is 40.3. The number of aliphatic hydroxyl groups is 3. The number of benzene rings is 1. The molecule has 0 unspecified atom stereocenters. The molecule has 1 saturated heterocycles. The van der Waals surface area contributed by atoms with E-state index in [1.807, 2.05) is 16.9 Å². The van der Waals surface area contributed by atoms with Crippen LogP contribution in [0.4, 0.5) is 0 Å². The minimum atomic E-state index is -0.977. The van der Waals surface area contributed by atoms with Crippen LogP contribution >= 0.6 is 21.6 Å². The summed E-state index contributed by atoms with van der Waals surface area (Å²) >= 11 is 0. The molecule has 10 atom stereocenters. The zero-order valence-electron chi connectivity index (χ0n) is 31.1. The third-order valence-corrected chi connectivity index (χ3v) is 14.6. The second-order valence-electron chi connectivity index (χ2n) is 15.9. The zero-order valence-corrected chi connectivity index (χ0v) is 32.8. The molecule has 8 bridgehead atoms. The maximum atomic E-state index is 12.7. The fourth-order valence-electron chi connectivity index (χ4n) is 9.36. The second kappa shape index (κ2) is 18.0. The van der Waals surface area contributed by atoms with Crippen LogP contribution in [-0.2, 0) is 22.6 Å². The Labute approximate surface area is 322 Å². The Balaban J connectivity index is 1.53. The molecule has 9 N–H and O–H groups in total. The topological polar surface area (TPSA) is 191 Å². The number of carbonyl (C=O) groups excluding carboxylic acids is 1. The molecule has 2 fully saturated rings. The van der Waals surface area contributed by atoms with Crippen LogP contribution in [0.1, 0.15) is 82.8 Å². The Morgan fingerprint density at radius 2 is 1.96 bits per heavy atom. The van der Waals surface area contributed by atoms with Crippen molar-refractivity contribution in [2.75, 3.05) is 37.7 Å². The quantitative estimate of drug-likeness (QED) is 0.127. The van der Waals surface area contributed by atoms with Gasteiger partial charge in [-0.2, -0.15) is 0 Å². The molecule has 1 spiro atoms. The van der Waals surface area contributed by atoms with Crippen LogP contribution in [0.3, 0.4) is 0 Å². The summed E-state index contributed by atoms with van der Waals surface area (Å²) in [6, 6.07) is 3.64. The van der Waals surface area contributed by atoms with Crippen LogP contribution in [0, 0.1) is 35.0 Å². The number of aliphatic hydroxyl groups excluding tert-OH is 3. The molecule has 12 nitrogen and oxygen atoms in total. The predicted molar refractivity (Wildman–Crippen MR) is 210 cm³/mol. The molecule has 6 rings (SSSR count). The lowest BCUT2D eigenvalue weighted by atomic mass is 9.64. The van der Waals surface area contributed by atoms with Gasteiger partial charge in [0.15, 0.2) is 17.5 Å². The second-order valence-corrected chi connectivity index (χ2v) is 18.6. The Morgan fingerprint density at radius 1 is 1.15 bits per heavy atom. The molecule has 294 valence electrons. The number of piperidine rings is 1. The smallest absolute Gasteiger partial charge is 0.302 e. The average Bonchev–Trinajstić information content (AvgIpc) is 3.11. The number of nitrogens with zero attached hydrogens (tertiary/aromatic N) is 1. The van der Waals surface area contributed by atoms with Gasteiger partial charge >= 0.3 is 5.97 Å². The molecule has 1 saturated carbocycles. The maximum absolute atomic E-state index is 12.7. The van der Waals surface area contributed by atoms with Crippen molar-refractivity contribution in [3.63, 3.8) is 0 Å². The molecule has 14 heteroatoms. The highest BCUT2D eigenvalue weighted by Gasteiger charge is 2.49. The van der Waals surface area contributed by atoms with E-state index in [0.29, 0.717) is 43.1 Å². The number of nitrogens with one attached hydrogen (secondary N) is 3. The summed E-state index contributed by atoms with van der Waals surface area (Å²) in [5.74, 6) is 8.84. The van der Waals surface area contributed by atoms with Crippen LogP contribution < -0.4 is 26.4 Å². The number of esters is 1. The van der Waals surface area contributed by atoms with Crippen LogP contribution in [0.25, 0.3) is 0 Å². The molecular weight excluding hydrogens is 715 g/mol. The highest BCUT2D eigenvalue weighted by atomic mass is 33.1. The number of guanidine groups is 1. The van der Waals surface area contributed by atoms with Crippen LogP contribution in [0.5, 0.6) is 11.5 Å². The van der Waals surface area contributed by atoms with E-state index >= 15 is 0 Å². The number of ether oxygens (including phenoxy) is 2. The van der Waals surface area contributed by atoms with E-state index in [9.17, 15) is 25.2 Å². The fourth-order valence-corrected chi connectivity index (χ4v) is 11.2. The number of phenolic OH excluding ortho intramolecular Hbond substituents is 1. The summed E-state index contributed by atoms with van der Waals surface area (Å²) in [6.45, 7) is 5.30. The molecule has 2 aliphatic carbocycles. The van der Waals surface area contributed by atoms with Crippen LogP contribution in [0.15, 0.2) is 17.1 Å². The van der Waals surface area contributed by atoms with E-state index in [-0.39, 0.29) is 60.8 Å². The number of fused-ring (bicyclic) bond motifs is 6. The lowest BCUT2D eigenvalue weighted by Crippen LogP contribution is -2.66. The summed E-state index contributed by atoms with van der Waals surface area (Å²) < 4.78 is 12.8. The largest absolute Gasteiger partial charge is 0.504 e. The van der Waals surface area contributed by atoms with Gasteiger partial charge in [-0.1, -0.05) is 33.4 Å². The van der Waals surface area contributed by atoms with Gasteiger partial charge in [-0.05, 0) is 94.0 Å². The maximum Gasteiger partial charge on any atom is 0.302 e. The van der Waals surface area contributed by atoms with Gasteiger partial charge in [0.25, 0.3) is 0 Å². The van der Waals surface area contributed by atoms with Gasteiger partial charge in [0.2, 0.25) is 0 Å². The van der Waals surface area contributed by atoms with Gasteiger partial charge in [0.1, 0.15) is 12.2 Å². The first-order valence-electron chi connectivity index (χ1n) is 19.4. The normalized spacial score (nSPS) is 36.2. The first-order valence-corrected chi connectivity index (χ1v) is 21.9. The highest BCUT2D eigenvalue weighted by Crippen LogP contribution is 2.46. The van der Waals surface area contributed by atoms with Crippen molar-refractivity contribution in [2.24, 2.45) is 33.9 Å². The van der Waals surface area contributed by atoms with Crippen molar-refractivity contribution in [2.45, 2.75) is 121 Å². The summed E-state index contributed by atoms with van der Waals surface area (Å²) in [7, 11) is 3.63. The fraction of sp³-hybridized carbons (Fsp3) is 0.744. The monoisotopic (exact) mass is 773 g/mol. The van der Waals surface area contributed by atoms with Crippen molar-refractivity contribution in [3.8, 4) is 23.3 Å². The van der Waals surface area contributed by atoms with E-state index in [1.54, 1.807) is 23.8 Å². The van der Waals surface area contributed by atoms with E-state index in [4.69, 9.17) is 15.2 Å². The summed E-state index contributed by atoms with van der Waals surface area (Å²) in [5, 5.41) is 55.8. The average molecular weight is 774 g/mol. The zero-order chi connectivity index (χ0) is 37.6.